The number of aromatic nitrogens is 4. The van der Waals surface area contributed by atoms with Crippen LogP contribution >= 0.6 is 0 Å². The van der Waals surface area contributed by atoms with Crippen LogP contribution in [0.3, 0.4) is 0 Å². The van der Waals surface area contributed by atoms with E-state index in [1.165, 1.54) is 4.57 Å². The van der Waals surface area contributed by atoms with Gasteiger partial charge in [0.15, 0.2) is 17.5 Å². The van der Waals surface area contributed by atoms with E-state index in [9.17, 15) is 2.74 Å². The number of rotatable bonds is 5. The summed E-state index contributed by atoms with van der Waals surface area (Å²) >= 11 is 0. The lowest BCUT2D eigenvalue weighted by Gasteiger charge is -2.17. The molecule has 0 bridgehead atoms. The maximum absolute atomic E-state index is 9.38. The van der Waals surface area contributed by atoms with Gasteiger partial charge in [0.25, 0.3) is 0 Å². The first-order valence-corrected chi connectivity index (χ1v) is 18.9. The van der Waals surface area contributed by atoms with Gasteiger partial charge in [-0.2, -0.15) is 0 Å². The minimum atomic E-state index is -0.521. The first kappa shape index (κ1) is 25.3. The highest BCUT2D eigenvalue weighted by atomic mass is 16.3. The van der Waals surface area contributed by atoms with Gasteiger partial charge >= 0.3 is 0 Å². The van der Waals surface area contributed by atoms with Gasteiger partial charge in [-0.15, -0.1) is 0 Å². The standard InChI is InChI=1S/C53H32N4O/c1-2-13-35(14-3-1)51-54-52(38-27-28-43-42-18-8-11-21-49(42)58-50(43)32-38)56-53(55-51)44-29-26-37(36-25-24-34-23-22-33-12-4-5-15-39(33)45(34)30-36)31-48(44)57-46-19-9-6-16-40(46)41-17-7-10-20-47(41)57/h1-32H/i6D,7D,9D,10D,16D,17D,19D,20D. The molecule has 58 heavy (non-hydrogen) atoms. The molecule has 270 valence electrons. The largest absolute Gasteiger partial charge is 0.456 e. The van der Waals surface area contributed by atoms with E-state index in [0.717, 1.165) is 49.0 Å². The number of nitrogens with zero attached hydrogens (tertiary/aromatic N) is 4. The van der Waals surface area contributed by atoms with Crippen molar-refractivity contribution >= 4 is 65.3 Å². The number of fused-ring (bicyclic) bond motifs is 9. The van der Waals surface area contributed by atoms with Gasteiger partial charge in [0, 0.05) is 38.2 Å². The lowest BCUT2D eigenvalue weighted by Crippen LogP contribution is -2.04. The van der Waals surface area contributed by atoms with Crippen LogP contribution in [0, 0.1) is 0 Å². The Morgan fingerprint density at radius 2 is 0.983 bits per heavy atom. The molecule has 0 amide bonds. The quantitative estimate of drug-likeness (QED) is 0.164. The number of benzene rings is 9. The van der Waals surface area contributed by atoms with Crippen molar-refractivity contribution in [1.29, 1.82) is 0 Å². The van der Waals surface area contributed by atoms with Crippen LogP contribution in [0.2, 0.25) is 0 Å². The maximum atomic E-state index is 9.38. The van der Waals surface area contributed by atoms with Crippen LogP contribution < -0.4 is 0 Å². The summed E-state index contributed by atoms with van der Waals surface area (Å²) in [6.07, 6.45) is 0. The van der Waals surface area contributed by atoms with E-state index in [-0.39, 0.29) is 27.6 Å². The Morgan fingerprint density at radius 1 is 0.397 bits per heavy atom. The lowest BCUT2D eigenvalue weighted by molar-refractivity contribution is 0.669. The highest BCUT2D eigenvalue weighted by Crippen LogP contribution is 2.40. The molecule has 0 spiro atoms. The van der Waals surface area contributed by atoms with E-state index in [1.807, 2.05) is 109 Å². The smallest absolute Gasteiger partial charge is 0.166 e. The molecule has 3 heterocycles. The van der Waals surface area contributed by atoms with Crippen molar-refractivity contribution < 1.29 is 15.4 Å². The van der Waals surface area contributed by atoms with E-state index < -0.39 is 48.3 Å². The normalized spacial score (nSPS) is 13.7. The first-order valence-electron chi connectivity index (χ1n) is 22.9. The minimum absolute atomic E-state index is 0.0150. The predicted octanol–water partition coefficient (Wildman–Crippen LogP) is 13.8. The third-order valence-corrected chi connectivity index (χ3v) is 10.9. The van der Waals surface area contributed by atoms with Crippen molar-refractivity contribution in [2.75, 3.05) is 0 Å². The summed E-state index contributed by atoms with van der Waals surface area (Å²) in [5.41, 5.74) is 5.05. The highest BCUT2D eigenvalue weighted by Gasteiger charge is 2.21. The van der Waals surface area contributed by atoms with E-state index in [4.69, 9.17) is 27.6 Å². The van der Waals surface area contributed by atoms with Crippen LogP contribution in [0.4, 0.5) is 0 Å². The van der Waals surface area contributed by atoms with Gasteiger partial charge in [-0.25, -0.2) is 15.0 Å². The van der Waals surface area contributed by atoms with Gasteiger partial charge in [0.1, 0.15) is 11.2 Å². The summed E-state index contributed by atoms with van der Waals surface area (Å²) < 4.78 is 79.9. The predicted molar refractivity (Wildman–Crippen MR) is 238 cm³/mol. The summed E-state index contributed by atoms with van der Waals surface area (Å²) in [5.74, 6) is 0.915. The fourth-order valence-corrected chi connectivity index (χ4v) is 8.14. The summed E-state index contributed by atoms with van der Waals surface area (Å²) in [6.45, 7) is 0. The Bertz CT molecular complexity index is 3980. The molecule has 0 aliphatic carbocycles. The number of para-hydroxylation sites is 3. The third-order valence-electron chi connectivity index (χ3n) is 10.9. The average Bonchev–Trinajstić information content (AvgIpc) is 3.92. The van der Waals surface area contributed by atoms with Crippen LogP contribution in [0.1, 0.15) is 11.0 Å². The number of hydrogen-bond acceptors (Lipinski definition) is 4. The van der Waals surface area contributed by atoms with Crippen LogP contribution in [-0.4, -0.2) is 19.5 Å². The molecule has 0 atom stereocenters. The van der Waals surface area contributed by atoms with Crippen LogP contribution in [0.25, 0.3) is 116 Å². The Morgan fingerprint density at radius 3 is 1.79 bits per heavy atom. The summed E-state index contributed by atoms with van der Waals surface area (Å²) in [7, 11) is 0. The fraction of sp³-hybridized carbons (Fsp3) is 0. The molecule has 9 aromatic carbocycles. The molecule has 0 unspecified atom stereocenters. The summed E-state index contributed by atoms with van der Waals surface area (Å²) in [4.78, 5) is 15.2. The molecule has 0 radical (unpaired) electrons. The number of hydrogen-bond donors (Lipinski definition) is 0. The molecular formula is C53H32N4O. The van der Waals surface area contributed by atoms with E-state index in [1.54, 1.807) is 0 Å². The Labute approximate surface area is 344 Å². The van der Waals surface area contributed by atoms with E-state index in [0.29, 0.717) is 39.6 Å². The lowest BCUT2D eigenvalue weighted by atomic mass is 9.96. The van der Waals surface area contributed by atoms with Gasteiger partial charge in [0.2, 0.25) is 0 Å². The third kappa shape index (κ3) is 5.14. The zero-order chi connectivity index (χ0) is 45.1. The molecule has 0 saturated heterocycles. The minimum Gasteiger partial charge on any atom is -0.456 e. The topological polar surface area (TPSA) is 56.7 Å². The molecule has 3 aromatic heterocycles. The Hall–Kier alpha value is -7.89. The highest BCUT2D eigenvalue weighted by molar-refractivity contribution is 6.11. The molecular weight excluding hydrogens is 709 g/mol. The maximum Gasteiger partial charge on any atom is 0.166 e. The molecule has 0 fully saturated rings. The van der Waals surface area contributed by atoms with Gasteiger partial charge in [-0.1, -0.05) is 145 Å². The zero-order valence-corrected chi connectivity index (χ0v) is 30.6. The Balaban J connectivity index is 1.20. The van der Waals surface area contributed by atoms with Gasteiger partial charge in [-0.05, 0) is 81.2 Å². The van der Waals surface area contributed by atoms with Crippen molar-refractivity contribution in [3.63, 3.8) is 0 Å². The van der Waals surface area contributed by atoms with Crippen molar-refractivity contribution in [2.45, 2.75) is 0 Å². The van der Waals surface area contributed by atoms with Crippen molar-refractivity contribution in [3.05, 3.63) is 194 Å². The van der Waals surface area contributed by atoms with Crippen LogP contribution in [-0.2, 0) is 0 Å². The van der Waals surface area contributed by atoms with E-state index in [2.05, 4.69) is 36.4 Å². The average molecular weight is 749 g/mol. The first-order chi connectivity index (χ1) is 32.0. The Kier molecular flexibility index (Phi) is 5.60. The SMILES string of the molecule is [2H]c1c([2H])c([2H])c2c(c1[2H])c1c([2H])c([2H])c([2H])c([2H])c1n2-c1cc(-c2ccc3ccc4ccccc4c3c2)ccc1-c1nc(-c2ccccc2)nc(-c2ccc3c(c2)oc2ccccc23)n1. The number of furan rings is 1. The molecule has 5 heteroatoms. The molecule has 0 N–H and O–H groups in total. The van der Waals surface area contributed by atoms with E-state index >= 15 is 0 Å². The second-order valence-electron chi connectivity index (χ2n) is 14.2. The van der Waals surface area contributed by atoms with Gasteiger partial charge < -0.3 is 8.98 Å². The van der Waals surface area contributed by atoms with Crippen molar-refractivity contribution in [2.24, 2.45) is 0 Å². The fourth-order valence-electron chi connectivity index (χ4n) is 8.14. The molecule has 0 aliphatic heterocycles. The molecule has 12 rings (SSSR count). The van der Waals surface area contributed by atoms with Crippen molar-refractivity contribution in [1.82, 2.24) is 19.5 Å². The molecule has 5 nitrogen and oxygen atoms in total. The molecule has 0 saturated carbocycles. The molecule has 0 aliphatic rings. The second kappa shape index (κ2) is 12.8. The van der Waals surface area contributed by atoms with Gasteiger partial charge in [0.05, 0.1) is 27.7 Å². The van der Waals surface area contributed by atoms with Crippen molar-refractivity contribution in [3.8, 4) is 51.0 Å². The summed E-state index contributed by atoms with van der Waals surface area (Å²) in [5, 5.41) is 6.11. The molecule has 12 aromatic rings. The second-order valence-corrected chi connectivity index (χ2v) is 14.2. The zero-order valence-electron chi connectivity index (χ0n) is 38.6. The van der Waals surface area contributed by atoms with Gasteiger partial charge in [-0.3, -0.25) is 0 Å². The van der Waals surface area contributed by atoms with Crippen LogP contribution in [0.15, 0.2) is 198 Å². The summed E-state index contributed by atoms with van der Waals surface area (Å²) in [6, 6.07) is 43.6. The van der Waals surface area contributed by atoms with Crippen LogP contribution in [0.5, 0.6) is 0 Å². The monoisotopic (exact) mass is 748 g/mol.